The molecule has 0 saturated heterocycles. The van der Waals surface area contributed by atoms with Crippen LogP contribution in [0.25, 0.3) is 5.76 Å². The van der Waals surface area contributed by atoms with Gasteiger partial charge in [0.15, 0.2) is 5.78 Å². The average Bonchev–Trinajstić information content (AvgIpc) is 2.46. The van der Waals surface area contributed by atoms with Gasteiger partial charge in [-0.05, 0) is 24.6 Å². The van der Waals surface area contributed by atoms with E-state index >= 15 is 0 Å². The van der Waals surface area contributed by atoms with Crippen molar-refractivity contribution >= 4 is 27.5 Å². The summed E-state index contributed by atoms with van der Waals surface area (Å²) in [7, 11) is 0. The molecule has 2 nitrogen and oxygen atoms in total. The van der Waals surface area contributed by atoms with Crippen molar-refractivity contribution in [2.75, 3.05) is 0 Å². The van der Waals surface area contributed by atoms with Crippen molar-refractivity contribution < 1.29 is 9.90 Å². The third kappa shape index (κ3) is 3.58. The zero-order valence-corrected chi connectivity index (χ0v) is 12.7. The van der Waals surface area contributed by atoms with E-state index in [4.69, 9.17) is 0 Å². The molecule has 0 saturated carbocycles. The van der Waals surface area contributed by atoms with Gasteiger partial charge < -0.3 is 5.11 Å². The minimum atomic E-state index is -0.116. The molecule has 0 aliphatic rings. The molecular formula is C17H15BrO2. The molecule has 20 heavy (non-hydrogen) atoms. The molecule has 2 aromatic carbocycles. The molecule has 2 aromatic rings. The van der Waals surface area contributed by atoms with E-state index < -0.39 is 0 Å². The summed E-state index contributed by atoms with van der Waals surface area (Å²) in [5.41, 5.74) is 2.08. The maximum absolute atomic E-state index is 11.8. The highest BCUT2D eigenvalue weighted by atomic mass is 79.9. The SMILES string of the molecule is CC(=O)/C(Cc1ccc(Br)cc1)=C(/O)c1ccccc1. The van der Waals surface area contributed by atoms with Gasteiger partial charge in [0.2, 0.25) is 0 Å². The van der Waals surface area contributed by atoms with E-state index in [1.54, 1.807) is 12.1 Å². The van der Waals surface area contributed by atoms with Crippen LogP contribution in [0.2, 0.25) is 0 Å². The number of hydrogen-bond donors (Lipinski definition) is 1. The topological polar surface area (TPSA) is 37.3 Å². The van der Waals surface area contributed by atoms with E-state index in [1.165, 1.54) is 6.92 Å². The Kier molecular flexibility index (Phi) is 4.74. The lowest BCUT2D eigenvalue weighted by Crippen LogP contribution is -2.05. The number of hydrogen-bond acceptors (Lipinski definition) is 2. The number of carbonyl (C=O) groups is 1. The van der Waals surface area contributed by atoms with Crippen LogP contribution in [-0.2, 0) is 11.2 Å². The molecule has 1 N–H and O–H groups in total. The Hall–Kier alpha value is -1.87. The first-order valence-electron chi connectivity index (χ1n) is 6.31. The Bertz CT molecular complexity index is 628. The van der Waals surface area contributed by atoms with Crippen LogP contribution in [0.4, 0.5) is 0 Å². The first-order chi connectivity index (χ1) is 9.58. The summed E-state index contributed by atoms with van der Waals surface area (Å²) in [4.78, 5) is 11.8. The highest BCUT2D eigenvalue weighted by Crippen LogP contribution is 2.21. The predicted octanol–water partition coefficient (Wildman–Crippen LogP) is 4.55. The third-order valence-electron chi connectivity index (χ3n) is 3.05. The molecule has 0 aliphatic heterocycles. The molecule has 0 heterocycles. The van der Waals surface area contributed by atoms with E-state index in [2.05, 4.69) is 15.9 Å². The molecule has 3 heteroatoms. The Morgan fingerprint density at radius 2 is 1.65 bits per heavy atom. The molecule has 0 aliphatic carbocycles. The molecule has 0 radical (unpaired) electrons. The van der Waals surface area contributed by atoms with Gasteiger partial charge in [-0.15, -0.1) is 0 Å². The van der Waals surface area contributed by atoms with Crippen LogP contribution in [0.3, 0.4) is 0 Å². The number of Topliss-reactive ketones (excluding diaryl/α,β-unsaturated/α-hetero) is 1. The van der Waals surface area contributed by atoms with Crippen molar-refractivity contribution in [2.24, 2.45) is 0 Å². The molecule has 0 bridgehead atoms. The van der Waals surface area contributed by atoms with E-state index in [-0.39, 0.29) is 11.5 Å². The lowest BCUT2D eigenvalue weighted by atomic mass is 9.98. The number of rotatable bonds is 4. The molecule has 0 fully saturated rings. The minimum absolute atomic E-state index is 0.0565. The predicted molar refractivity (Wildman–Crippen MR) is 84.5 cm³/mol. The Labute approximate surface area is 126 Å². The summed E-state index contributed by atoms with van der Waals surface area (Å²) in [5.74, 6) is -0.0599. The van der Waals surface area contributed by atoms with Gasteiger partial charge in [0.05, 0.1) is 0 Å². The van der Waals surface area contributed by atoms with Crippen LogP contribution in [0.5, 0.6) is 0 Å². The fourth-order valence-electron chi connectivity index (χ4n) is 1.95. The van der Waals surface area contributed by atoms with E-state index in [0.717, 1.165) is 10.0 Å². The minimum Gasteiger partial charge on any atom is -0.507 e. The van der Waals surface area contributed by atoms with Crippen LogP contribution >= 0.6 is 15.9 Å². The summed E-state index contributed by atoms with van der Waals surface area (Å²) >= 11 is 3.38. The average molecular weight is 331 g/mol. The Morgan fingerprint density at radius 1 is 1.05 bits per heavy atom. The second-order valence-corrected chi connectivity index (χ2v) is 5.47. The summed E-state index contributed by atoms with van der Waals surface area (Å²) in [5, 5.41) is 10.3. The van der Waals surface area contributed by atoms with Crippen molar-refractivity contribution in [2.45, 2.75) is 13.3 Å². The maximum Gasteiger partial charge on any atom is 0.159 e. The van der Waals surface area contributed by atoms with Crippen LogP contribution in [0.1, 0.15) is 18.1 Å². The zero-order valence-electron chi connectivity index (χ0n) is 11.1. The van der Waals surface area contributed by atoms with Gasteiger partial charge in [-0.2, -0.15) is 0 Å². The molecule has 0 spiro atoms. The van der Waals surface area contributed by atoms with Crippen LogP contribution < -0.4 is 0 Å². The number of aliphatic hydroxyl groups excluding tert-OH is 1. The van der Waals surface area contributed by atoms with Gasteiger partial charge in [0, 0.05) is 22.0 Å². The fraction of sp³-hybridized carbons (Fsp3) is 0.118. The monoisotopic (exact) mass is 330 g/mol. The van der Waals surface area contributed by atoms with Gasteiger partial charge >= 0.3 is 0 Å². The molecule has 102 valence electrons. The van der Waals surface area contributed by atoms with Gasteiger partial charge in [0.25, 0.3) is 0 Å². The first-order valence-corrected chi connectivity index (χ1v) is 7.10. The summed E-state index contributed by atoms with van der Waals surface area (Å²) in [6, 6.07) is 16.8. The lowest BCUT2D eigenvalue weighted by molar-refractivity contribution is -0.113. The molecule has 0 amide bonds. The van der Waals surface area contributed by atoms with Gasteiger partial charge in [0.1, 0.15) is 5.76 Å². The number of carbonyl (C=O) groups excluding carboxylic acids is 1. The number of ketones is 1. The van der Waals surface area contributed by atoms with E-state index in [1.807, 2.05) is 42.5 Å². The first kappa shape index (κ1) is 14.5. The highest BCUT2D eigenvalue weighted by molar-refractivity contribution is 9.10. The molecule has 2 rings (SSSR count). The van der Waals surface area contributed by atoms with Crippen molar-refractivity contribution in [3.63, 3.8) is 0 Å². The highest BCUT2D eigenvalue weighted by Gasteiger charge is 2.13. The van der Waals surface area contributed by atoms with Gasteiger partial charge in [-0.25, -0.2) is 0 Å². The second kappa shape index (κ2) is 6.53. The summed E-state index contributed by atoms with van der Waals surface area (Å²) in [6.45, 7) is 1.48. The number of aliphatic hydroxyl groups is 1. The third-order valence-corrected chi connectivity index (χ3v) is 3.58. The van der Waals surface area contributed by atoms with Gasteiger partial charge in [-0.1, -0.05) is 58.4 Å². The molecule has 0 unspecified atom stereocenters. The standard InChI is InChI=1S/C17H15BrO2/c1-12(19)16(11-13-7-9-15(18)10-8-13)17(20)14-5-3-2-4-6-14/h2-10,20H,11H2,1H3/b17-16+. The number of benzene rings is 2. The van der Waals surface area contributed by atoms with Crippen molar-refractivity contribution in [1.82, 2.24) is 0 Å². The Balaban J connectivity index is 2.36. The number of allylic oxidation sites excluding steroid dienone is 1. The van der Waals surface area contributed by atoms with Gasteiger partial charge in [-0.3, -0.25) is 4.79 Å². The summed E-state index contributed by atoms with van der Waals surface area (Å²) in [6.07, 6.45) is 0.420. The Morgan fingerprint density at radius 3 is 2.20 bits per heavy atom. The fourth-order valence-corrected chi connectivity index (χ4v) is 2.22. The van der Waals surface area contributed by atoms with E-state index in [9.17, 15) is 9.90 Å². The summed E-state index contributed by atoms with van der Waals surface area (Å²) < 4.78 is 0.988. The lowest BCUT2D eigenvalue weighted by Gasteiger charge is -2.09. The van der Waals surface area contributed by atoms with Crippen LogP contribution in [0, 0.1) is 0 Å². The quantitative estimate of drug-likeness (QED) is 0.659. The zero-order chi connectivity index (χ0) is 14.5. The second-order valence-electron chi connectivity index (χ2n) is 4.55. The van der Waals surface area contributed by atoms with E-state index in [0.29, 0.717) is 17.6 Å². The normalized spacial score (nSPS) is 11.9. The van der Waals surface area contributed by atoms with Crippen molar-refractivity contribution in [3.8, 4) is 0 Å². The van der Waals surface area contributed by atoms with Crippen molar-refractivity contribution in [1.29, 1.82) is 0 Å². The molecule has 0 atom stereocenters. The van der Waals surface area contributed by atoms with Crippen LogP contribution in [0.15, 0.2) is 64.6 Å². The van der Waals surface area contributed by atoms with Crippen LogP contribution in [-0.4, -0.2) is 10.9 Å². The smallest absolute Gasteiger partial charge is 0.159 e. The van der Waals surface area contributed by atoms with Crippen molar-refractivity contribution in [3.05, 3.63) is 75.8 Å². The molecular weight excluding hydrogens is 316 g/mol. The maximum atomic E-state index is 11.8. The largest absolute Gasteiger partial charge is 0.507 e. The molecule has 0 aromatic heterocycles. The number of halogens is 1.